The molecule has 0 spiro atoms. The SMILES string of the molecule is CC(C)(C)c1cc(C(C)(C)C)c(NC(=O)c2cn(Cc3ccccc3)c3ccccc3c2=O)cc1O. The maximum absolute atomic E-state index is 13.5. The van der Waals surface area contributed by atoms with Crippen LogP contribution >= 0.6 is 0 Å². The van der Waals surface area contributed by atoms with Crippen molar-refractivity contribution in [3.05, 3.63) is 105 Å². The Morgan fingerprint density at radius 2 is 1.47 bits per heavy atom. The second-order valence-corrected chi connectivity index (χ2v) is 11.4. The number of carbonyl (C=O) groups excluding carboxylic acids is 1. The fourth-order valence-corrected chi connectivity index (χ4v) is 4.52. The highest BCUT2D eigenvalue weighted by Crippen LogP contribution is 2.39. The van der Waals surface area contributed by atoms with Crippen LogP contribution in [0, 0.1) is 0 Å². The molecule has 3 aromatic carbocycles. The first-order chi connectivity index (χ1) is 16.9. The molecule has 0 fully saturated rings. The fourth-order valence-electron chi connectivity index (χ4n) is 4.52. The van der Waals surface area contributed by atoms with Crippen LogP contribution in [0.4, 0.5) is 5.69 Å². The zero-order valence-corrected chi connectivity index (χ0v) is 21.8. The number of rotatable bonds is 4. The third-order valence-corrected chi connectivity index (χ3v) is 6.43. The van der Waals surface area contributed by atoms with E-state index >= 15 is 0 Å². The largest absolute Gasteiger partial charge is 0.508 e. The average molecular weight is 483 g/mol. The second kappa shape index (κ2) is 9.30. The minimum Gasteiger partial charge on any atom is -0.508 e. The van der Waals surface area contributed by atoms with Gasteiger partial charge in [-0.3, -0.25) is 9.59 Å². The van der Waals surface area contributed by atoms with Gasteiger partial charge in [-0.15, -0.1) is 0 Å². The standard InChI is InChI=1S/C31H34N2O3/c1-30(2,3)23-16-24(31(4,5)6)27(34)17-25(23)32-29(36)22-19-33(18-20-12-8-7-9-13-20)26-15-11-10-14-21(26)28(22)35/h7-17,19,34H,18H2,1-6H3,(H,32,36). The van der Waals surface area contributed by atoms with Gasteiger partial charge in [-0.25, -0.2) is 0 Å². The summed E-state index contributed by atoms with van der Waals surface area (Å²) in [5, 5.41) is 14.2. The topological polar surface area (TPSA) is 71.3 Å². The predicted octanol–water partition coefficient (Wildman–Crippen LogP) is 6.60. The van der Waals surface area contributed by atoms with E-state index < -0.39 is 5.91 Å². The Bertz CT molecular complexity index is 1490. The minimum absolute atomic E-state index is 0.0591. The van der Waals surface area contributed by atoms with Crippen molar-refractivity contribution in [1.29, 1.82) is 0 Å². The van der Waals surface area contributed by atoms with E-state index in [9.17, 15) is 14.7 Å². The lowest BCUT2D eigenvalue weighted by atomic mass is 9.79. The maximum atomic E-state index is 13.5. The zero-order valence-electron chi connectivity index (χ0n) is 21.8. The quantitative estimate of drug-likeness (QED) is 0.344. The number of phenolic OH excluding ortho intramolecular Hbond substituents is 1. The van der Waals surface area contributed by atoms with Gasteiger partial charge in [-0.05, 0) is 45.7 Å². The average Bonchev–Trinajstić information content (AvgIpc) is 2.80. The van der Waals surface area contributed by atoms with E-state index in [1.54, 1.807) is 24.4 Å². The minimum atomic E-state index is -0.499. The van der Waals surface area contributed by atoms with Crippen molar-refractivity contribution >= 4 is 22.5 Å². The molecule has 4 aromatic rings. The van der Waals surface area contributed by atoms with E-state index in [1.165, 1.54) is 0 Å². The maximum Gasteiger partial charge on any atom is 0.261 e. The second-order valence-electron chi connectivity index (χ2n) is 11.4. The summed E-state index contributed by atoms with van der Waals surface area (Å²) in [6.07, 6.45) is 1.63. The summed E-state index contributed by atoms with van der Waals surface area (Å²) in [7, 11) is 0. The van der Waals surface area contributed by atoms with Crippen molar-refractivity contribution in [3.63, 3.8) is 0 Å². The summed E-state index contributed by atoms with van der Waals surface area (Å²) in [6, 6.07) is 20.8. The third kappa shape index (κ3) is 5.06. The molecule has 4 rings (SSSR count). The fraction of sp³-hybridized carbons (Fsp3) is 0.290. The molecule has 0 atom stereocenters. The van der Waals surface area contributed by atoms with Gasteiger partial charge < -0.3 is 15.0 Å². The van der Waals surface area contributed by atoms with Crippen LogP contribution in [-0.2, 0) is 17.4 Å². The Balaban J connectivity index is 1.81. The van der Waals surface area contributed by atoms with Crippen molar-refractivity contribution in [2.75, 3.05) is 5.32 Å². The molecule has 5 nitrogen and oxygen atoms in total. The van der Waals surface area contributed by atoms with E-state index in [1.807, 2.05) is 73.9 Å². The van der Waals surface area contributed by atoms with Gasteiger partial charge >= 0.3 is 0 Å². The molecule has 0 saturated carbocycles. The molecule has 1 heterocycles. The predicted molar refractivity (Wildman–Crippen MR) is 147 cm³/mol. The molecule has 36 heavy (non-hydrogen) atoms. The molecule has 2 N–H and O–H groups in total. The van der Waals surface area contributed by atoms with Crippen LogP contribution in [0.5, 0.6) is 5.75 Å². The molecule has 0 bridgehead atoms. The number of anilines is 1. The van der Waals surface area contributed by atoms with E-state index in [4.69, 9.17) is 0 Å². The molecule has 0 saturated heterocycles. The summed E-state index contributed by atoms with van der Waals surface area (Å²) >= 11 is 0. The third-order valence-electron chi connectivity index (χ3n) is 6.43. The number of amides is 1. The molecule has 186 valence electrons. The normalized spacial score (nSPS) is 12.1. The van der Waals surface area contributed by atoms with Gasteiger partial charge in [0.2, 0.25) is 5.43 Å². The lowest BCUT2D eigenvalue weighted by molar-refractivity contribution is 0.102. The molecule has 0 aliphatic heterocycles. The number of fused-ring (bicyclic) bond motifs is 1. The molecular formula is C31H34N2O3. The van der Waals surface area contributed by atoms with Crippen LogP contribution < -0.4 is 10.7 Å². The van der Waals surface area contributed by atoms with Gasteiger partial charge in [0, 0.05) is 29.9 Å². The highest BCUT2D eigenvalue weighted by molar-refractivity contribution is 6.06. The molecule has 5 heteroatoms. The first-order valence-corrected chi connectivity index (χ1v) is 12.2. The summed E-state index contributed by atoms with van der Waals surface area (Å²) < 4.78 is 1.94. The van der Waals surface area contributed by atoms with Crippen LogP contribution in [-0.4, -0.2) is 15.6 Å². The van der Waals surface area contributed by atoms with Crippen molar-refractivity contribution in [1.82, 2.24) is 4.57 Å². The smallest absolute Gasteiger partial charge is 0.261 e. The summed E-state index contributed by atoms with van der Waals surface area (Å²) in [6.45, 7) is 12.8. The van der Waals surface area contributed by atoms with Gasteiger partial charge in [-0.1, -0.05) is 84.0 Å². The van der Waals surface area contributed by atoms with E-state index in [2.05, 4.69) is 26.1 Å². The number of carbonyl (C=O) groups is 1. The number of aromatic hydroxyl groups is 1. The van der Waals surface area contributed by atoms with Crippen LogP contribution in [0.2, 0.25) is 0 Å². The zero-order chi connectivity index (χ0) is 26.3. The van der Waals surface area contributed by atoms with Crippen molar-refractivity contribution < 1.29 is 9.90 Å². The van der Waals surface area contributed by atoms with Gasteiger partial charge in [0.25, 0.3) is 5.91 Å². The molecule has 0 unspecified atom stereocenters. The number of aromatic nitrogens is 1. The number of benzene rings is 3. The van der Waals surface area contributed by atoms with Crippen molar-refractivity contribution in [3.8, 4) is 5.75 Å². The van der Waals surface area contributed by atoms with Crippen LogP contribution in [0.1, 0.15) is 68.6 Å². The highest BCUT2D eigenvalue weighted by atomic mass is 16.3. The van der Waals surface area contributed by atoms with Gasteiger partial charge in [0.1, 0.15) is 11.3 Å². The van der Waals surface area contributed by atoms with E-state index in [0.717, 1.165) is 22.2 Å². The monoisotopic (exact) mass is 482 g/mol. The number of nitrogens with one attached hydrogen (secondary N) is 1. The summed E-state index contributed by atoms with van der Waals surface area (Å²) in [5.74, 6) is -0.383. The molecule has 1 aromatic heterocycles. The number of nitrogens with zero attached hydrogens (tertiary/aromatic N) is 1. The molecule has 0 radical (unpaired) electrons. The lowest BCUT2D eigenvalue weighted by Crippen LogP contribution is -2.26. The molecule has 0 aliphatic carbocycles. The number of hydrogen-bond donors (Lipinski definition) is 2. The lowest BCUT2D eigenvalue weighted by Gasteiger charge is -2.28. The molecular weight excluding hydrogens is 448 g/mol. The molecule has 1 amide bonds. The highest BCUT2D eigenvalue weighted by Gasteiger charge is 2.27. The van der Waals surface area contributed by atoms with Crippen LogP contribution in [0.15, 0.2) is 77.7 Å². The van der Waals surface area contributed by atoms with Gasteiger partial charge in [-0.2, -0.15) is 0 Å². The van der Waals surface area contributed by atoms with Crippen LogP contribution in [0.25, 0.3) is 10.9 Å². The number of phenols is 1. The van der Waals surface area contributed by atoms with Crippen molar-refractivity contribution in [2.24, 2.45) is 0 Å². The first kappa shape index (κ1) is 25.2. The summed E-state index contributed by atoms with van der Waals surface area (Å²) in [4.78, 5) is 26.9. The Morgan fingerprint density at radius 1 is 0.861 bits per heavy atom. The van der Waals surface area contributed by atoms with E-state index in [-0.39, 0.29) is 27.6 Å². The Morgan fingerprint density at radius 3 is 2.11 bits per heavy atom. The Kier molecular flexibility index (Phi) is 6.52. The first-order valence-electron chi connectivity index (χ1n) is 12.2. The van der Waals surface area contributed by atoms with Crippen molar-refractivity contribution in [2.45, 2.75) is 58.9 Å². The summed E-state index contributed by atoms with van der Waals surface area (Å²) in [5.41, 5.74) is 3.21. The van der Waals surface area contributed by atoms with Crippen LogP contribution in [0.3, 0.4) is 0 Å². The number of pyridine rings is 1. The van der Waals surface area contributed by atoms with Gasteiger partial charge in [0.05, 0.1) is 5.52 Å². The Labute approximate surface area is 212 Å². The van der Waals surface area contributed by atoms with E-state index in [0.29, 0.717) is 17.6 Å². The van der Waals surface area contributed by atoms with Gasteiger partial charge in [0.15, 0.2) is 0 Å². The molecule has 0 aliphatic rings. The number of hydrogen-bond acceptors (Lipinski definition) is 3. The Hall–Kier alpha value is -3.86. The number of para-hydroxylation sites is 1.